The SMILES string of the molecule is Nc1ccc(C=CC(=O)NCc2cc3cc(-c4ccc(C(=O)N5CCC(F)(F)CC5)cc4F)cc(-c4cccnc4)c3o2)cn1. The van der Waals surface area contributed by atoms with Gasteiger partial charge in [-0.15, -0.1) is 0 Å². The molecule has 0 spiro atoms. The van der Waals surface area contributed by atoms with Gasteiger partial charge in [0, 0.05) is 78.2 Å². The minimum Gasteiger partial charge on any atom is -0.459 e. The van der Waals surface area contributed by atoms with Gasteiger partial charge >= 0.3 is 0 Å². The Morgan fingerprint density at radius 2 is 1.82 bits per heavy atom. The number of nitrogens with zero attached hydrogens (tertiary/aromatic N) is 3. The van der Waals surface area contributed by atoms with Gasteiger partial charge < -0.3 is 20.4 Å². The summed E-state index contributed by atoms with van der Waals surface area (Å²) in [6.45, 7) is -0.0623. The average molecular weight is 612 g/mol. The lowest BCUT2D eigenvalue weighted by Crippen LogP contribution is -2.42. The van der Waals surface area contributed by atoms with Gasteiger partial charge in [-0.2, -0.15) is 0 Å². The number of pyridine rings is 2. The van der Waals surface area contributed by atoms with Gasteiger partial charge in [-0.05, 0) is 65.7 Å². The quantitative estimate of drug-likeness (QED) is 0.204. The minimum atomic E-state index is -2.79. The Balaban J connectivity index is 1.26. The van der Waals surface area contributed by atoms with Gasteiger partial charge in [0.05, 0.1) is 6.54 Å². The summed E-state index contributed by atoms with van der Waals surface area (Å²) in [5.74, 6) is -3.37. The number of halogens is 3. The molecule has 2 amide bonds. The molecule has 4 heterocycles. The van der Waals surface area contributed by atoms with Crippen LogP contribution in [0.15, 0.2) is 89.7 Å². The van der Waals surface area contributed by atoms with Gasteiger partial charge in [0.25, 0.3) is 11.8 Å². The first-order valence-electron chi connectivity index (χ1n) is 14.3. The van der Waals surface area contributed by atoms with E-state index in [1.165, 1.54) is 23.1 Å². The first kappa shape index (κ1) is 29.6. The molecule has 1 fully saturated rings. The number of anilines is 1. The van der Waals surface area contributed by atoms with Gasteiger partial charge in [-0.3, -0.25) is 14.6 Å². The molecule has 8 nitrogen and oxygen atoms in total. The van der Waals surface area contributed by atoms with E-state index in [4.69, 9.17) is 10.2 Å². The lowest BCUT2D eigenvalue weighted by molar-refractivity contribution is -0.116. The van der Waals surface area contributed by atoms with Crippen LogP contribution in [0.1, 0.15) is 34.5 Å². The molecule has 5 aromatic rings. The maximum Gasteiger partial charge on any atom is 0.253 e. The number of benzene rings is 2. The lowest BCUT2D eigenvalue weighted by atomic mass is 9.96. The summed E-state index contributed by atoms with van der Waals surface area (Å²) < 4.78 is 48.8. The second-order valence-electron chi connectivity index (χ2n) is 10.8. The van der Waals surface area contributed by atoms with Gasteiger partial charge in [0.1, 0.15) is 23.0 Å². The van der Waals surface area contributed by atoms with Crippen molar-refractivity contribution in [2.24, 2.45) is 0 Å². The van der Waals surface area contributed by atoms with E-state index in [1.807, 2.05) is 6.07 Å². The van der Waals surface area contributed by atoms with E-state index in [0.29, 0.717) is 33.7 Å². The van der Waals surface area contributed by atoms with E-state index in [-0.39, 0.29) is 36.7 Å². The smallest absolute Gasteiger partial charge is 0.253 e. The van der Waals surface area contributed by atoms with Crippen molar-refractivity contribution in [2.75, 3.05) is 18.8 Å². The van der Waals surface area contributed by atoms with Crippen molar-refractivity contribution in [1.29, 1.82) is 0 Å². The summed E-state index contributed by atoms with van der Waals surface area (Å²) in [6.07, 6.45) is 7.04. The summed E-state index contributed by atoms with van der Waals surface area (Å²) >= 11 is 0. The Hall–Kier alpha value is -5.45. The van der Waals surface area contributed by atoms with Crippen molar-refractivity contribution in [2.45, 2.75) is 25.3 Å². The third kappa shape index (κ3) is 6.72. The number of amides is 2. The highest BCUT2D eigenvalue weighted by Gasteiger charge is 2.36. The van der Waals surface area contributed by atoms with E-state index in [1.54, 1.807) is 61.1 Å². The molecule has 1 saturated heterocycles. The zero-order chi connectivity index (χ0) is 31.6. The zero-order valence-corrected chi connectivity index (χ0v) is 24.0. The van der Waals surface area contributed by atoms with Crippen LogP contribution < -0.4 is 11.1 Å². The molecule has 1 aliphatic rings. The molecule has 0 aliphatic carbocycles. The largest absolute Gasteiger partial charge is 0.459 e. The number of carbonyl (C=O) groups is 2. The first-order chi connectivity index (χ1) is 21.6. The van der Waals surface area contributed by atoms with Crippen LogP contribution in [0.5, 0.6) is 0 Å². The fourth-order valence-electron chi connectivity index (χ4n) is 5.21. The third-order valence-corrected chi connectivity index (χ3v) is 7.62. The maximum atomic E-state index is 15.6. The molecule has 0 radical (unpaired) electrons. The van der Waals surface area contributed by atoms with E-state index < -0.39 is 30.5 Å². The van der Waals surface area contributed by atoms with Crippen LogP contribution >= 0.6 is 0 Å². The summed E-state index contributed by atoms with van der Waals surface area (Å²) in [4.78, 5) is 34.9. The number of carbonyl (C=O) groups excluding carboxylic acids is 2. The summed E-state index contributed by atoms with van der Waals surface area (Å²) in [7, 11) is 0. The number of hydrogen-bond donors (Lipinski definition) is 2. The molecule has 6 rings (SSSR count). The highest BCUT2D eigenvalue weighted by molar-refractivity contribution is 5.98. The highest BCUT2D eigenvalue weighted by atomic mass is 19.3. The molecule has 0 unspecified atom stereocenters. The lowest BCUT2D eigenvalue weighted by Gasteiger charge is -2.31. The highest BCUT2D eigenvalue weighted by Crippen LogP contribution is 2.37. The van der Waals surface area contributed by atoms with Crippen molar-refractivity contribution >= 4 is 34.7 Å². The predicted molar refractivity (Wildman–Crippen MR) is 164 cm³/mol. The normalized spacial score (nSPS) is 14.6. The molecule has 2 aromatic carbocycles. The number of piperidine rings is 1. The number of likely N-dealkylation sites (tertiary alicyclic amines) is 1. The Morgan fingerprint density at radius 3 is 2.53 bits per heavy atom. The molecule has 0 bridgehead atoms. The van der Waals surface area contributed by atoms with Crippen LogP contribution in [0.25, 0.3) is 39.3 Å². The van der Waals surface area contributed by atoms with E-state index >= 15 is 4.39 Å². The Kier molecular flexibility index (Phi) is 8.08. The molecule has 3 N–H and O–H groups in total. The van der Waals surface area contributed by atoms with Gasteiger partial charge in [-0.25, -0.2) is 18.2 Å². The molecule has 11 heteroatoms. The number of fused-ring (bicyclic) bond motifs is 1. The van der Waals surface area contributed by atoms with Crippen LogP contribution in [0.2, 0.25) is 0 Å². The number of nitrogen functional groups attached to an aromatic ring is 1. The van der Waals surface area contributed by atoms with Crippen molar-refractivity contribution in [3.63, 3.8) is 0 Å². The molecule has 228 valence electrons. The van der Waals surface area contributed by atoms with Gasteiger partial charge in [0.2, 0.25) is 5.91 Å². The molecular formula is C34H28F3N5O3. The van der Waals surface area contributed by atoms with Crippen LogP contribution in [-0.2, 0) is 11.3 Å². The summed E-state index contributed by atoms with van der Waals surface area (Å²) in [6, 6.07) is 16.5. The molecule has 3 aromatic heterocycles. The Bertz CT molecular complexity index is 1900. The second-order valence-corrected chi connectivity index (χ2v) is 10.8. The number of alkyl halides is 2. The minimum absolute atomic E-state index is 0.0834. The molecular weight excluding hydrogens is 583 g/mol. The Morgan fingerprint density at radius 1 is 1.00 bits per heavy atom. The molecule has 1 aliphatic heterocycles. The fraction of sp³-hybridized carbons (Fsp3) is 0.176. The monoisotopic (exact) mass is 611 g/mol. The second kappa shape index (κ2) is 12.3. The molecule has 0 saturated carbocycles. The maximum absolute atomic E-state index is 15.6. The number of nitrogens with two attached hydrogens (primary N) is 1. The summed E-state index contributed by atoms with van der Waals surface area (Å²) in [5.41, 5.74) is 9.13. The third-order valence-electron chi connectivity index (χ3n) is 7.62. The van der Waals surface area contributed by atoms with E-state index in [0.717, 1.165) is 17.2 Å². The zero-order valence-electron chi connectivity index (χ0n) is 24.0. The van der Waals surface area contributed by atoms with Crippen molar-refractivity contribution in [3.8, 4) is 22.3 Å². The fourth-order valence-corrected chi connectivity index (χ4v) is 5.21. The number of nitrogens with one attached hydrogen (secondary N) is 1. The van der Waals surface area contributed by atoms with Crippen LogP contribution in [0, 0.1) is 5.82 Å². The van der Waals surface area contributed by atoms with Crippen LogP contribution in [0.3, 0.4) is 0 Å². The molecule has 45 heavy (non-hydrogen) atoms. The Labute approximate surface area is 256 Å². The van der Waals surface area contributed by atoms with Crippen molar-refractivity contribution in [1.82, 2.24) is 20.2 Å². The van der Waals surface area contributed by atoms with Crippen molar-refractivity contribution in [3.05, 3.63) is 108 Å². The topological polar surface area (TPSA) is 114 Å². The predicted octanol–water partition coefficient (Wildman–Crippen LogP) is 6.48. The van der Waals surface area contributed by atoms with Crippen LogP contribution in [-0.4, -0.2) is 45.7 Å². The number of rotatable bonds is 7. The van der Waals surface area contributed by atoms with Gasteiger partial charge in [-0.1, -0.05) is 12.1 Å². The van der Waals surface area contributed by atoms with E-state index in [9.17, 15) is 18.4 Å². The number of furan rings is 1. The average Bonchev–Trinajstić information content (AvgIpc) is 3.46. The van der Waals surface area contributed by atoms with Gasteiger partial charge in [0.15, 0.2) is 0 Å². The first-order valence-corrected chi connectivity index (χ1v) is 14.3. The van der Waals surface area contributed by atoms with Crippen LogP contribution in [0.4, 0.5) is 19.0 Å². The number of hydrogen-bond acceptors (Lipinski definition) is 6. The summed E-state index contributed by atoms with van der Waals surface area (Å²) in [5, 5.41) is 3.46. The van der Waals surface area contributed by atoms with E-state index in [2.05, 4.69) is 15.3 Å². The van der Waals surface area contributed by atoms with Crippen molar-refractivity contribution < 1.29 is 27.2 Å². The standard InChI is InChI=1S/C34H28F3N5O3/c35-29-17-22(33(44)42-12-9-34(36,37)10-13-42)5-6-27(29)24-14-25-15-26(45-32(25)28(16-24)23-2-1-11-39-19-23)20-41-31(43)8-4-21-3-7-30(38)40-18-21/h1-8,11,14-19H,9-10,12-13,20H2,(H2,38,40)(H,41,43). The molecule has 0 atom stereocenters. The number of aromatic nitrogens is 2.